The highest BCUT2D eigenvalue weighted by Crippen LogP contribution is 2.34. The molecule has 0 bridgehead atoms. The van der Waals surface area contributed by atoms with Crippen LogP contribution in [0.25, 0.3) is 0 Å². The van der Waals surface area contributed by atoms with Crippen molar-refractivity contribution in [3.63, 3.8) is 0 Å². The van der Waals surface area contributed by atoms with Crippen molar-refractivity contribution in [3.8, 4) is 0 Å². The highest BCUT2D eigenvalue weighted by molar-refractivity contribution is 5.83. The van der Waals surface area contributed by atoms with E-state index in [1.807, 2.05) is 28.0 Å². The number of carbonyl (C=O) groups excluding carboxylic acids is 2. The van der Waals surface area contributed by atoms with Gasteiger partial charge in [0, 0.05) is 19.6 Å². The molecule has 2 saturated heterocycles. The molecule has 0 aliphatic carbocycles. The summed E-state index contributed by atoms with van der Waals surface area (Å²) in [4.78, 5) is 29.9. The lowest BCUT2D eigenvalue weighted by Gasteiger charge is -2.36. The molecule has 4 rings (SSSR count). The minimum Gasteiger partial charge on any atom is -0.342 e. The molecule has 2 aromatic rings. The summed E-state index contributed by atoms with van der Waals surface area (Å²) in [5.74, 6) is -0.251. The molecule has 2 aliphatic rings. The van der Waals surface area contributed by atoms with Gasteiger partial charge in [-0.05, 0) is 48.9 Å². The second-order valence-electron chi connectivity index (χ2n) is 8.08. The maximum Gasteiger partial charge on any atom is 0.227 e. The molecule has 2 aliphatic heterocycles. The average molecular weight is 394 g/mol. The van der Waals surface area contributed by atoms with Crippen LogP contribution in [0.5, 0.6) is 0 Å². The number of carbonyl (C=O) groups is 2. The molecule has 0 saturated carbocycles. The zero-order valence-corrected chi connectivity index (χ0v) is 16.6. The topological polar surface area (TPSA) is 40.6 Å². The molecule has 2 heterocycles. The molecule has 2 amide bonds. The van der Waals surface area contributed by atoms with E-state index in [-0.39, 0.29) is 36.0 Å². The van der Waals surface area contributed by atoms with E-state index in [9.17, 15) is 14.0 Å². The maximum atomic E-state index is 13.3. The van der Waals surface area contributed by atoms with Crippen LogP contribution in [0.2, 0.25) is 0 Å². The highest BCUT2D eigenvalue weighted by Gasteiger charge is 2.36. The lowest BCUT2D eigenvalue weighted by Crippen LogP contribution is -2.47. The number of likely N-dealkylation sites (tertiary alicyclic amines) is 2. The van der Waals surface area contributed by atoms with E-state index in [1.54, 1.807) is 12.1 Å². The summed E-state index contributed by atoms with van der Waals surface area (Å²) in [7, 11) is 0. The summed E-state index contributed by atoms with van der Waals surface area (Å²) in [6, 6.07) is 16.4. The number of piperidine rings is 1. The summed E-state index contributed by atoms with van der Waals surface area (Å²) in [5.41, 5.74) is 1.99. The van der Waals surface area contributed by atoms with Gasteiger partial charge in [0.05, 0.1) is 18.4 Å². The first-order chi connectivity index (χ1) is 14.1. The van der Waals surface area contributed by atoms with E-state index in [0.717, 1.165) is 37.8 Å². The van der Waals surface area contributed by atoms with Crippen molar-refractivity contribution in [3.05, 3.63) is 71.5 Å². The Balaban J connectivity index is 1.40. The molecule has 2 fully saturated rings. The van der Waals surface area contributed by atoms with Gasteiger partial charge in [-0.15, -0.1) is 0 Å². The van der Waals surface area contributed by atoms with E-state index in [2.05, 4.69) is 12.1 Å². The van der Waals surface area contributed by atoms with Crippen LogP contribution in [0.15, 0.2) is 54.6 Å². The average Bonchev–Trinajstić information content (AvgIpc) is 3.25. The van der Waals surface area contributed by atoms with Crippen LogP contribution >= 0.6 is 0 Å². The van der Waals surface area contributed by atoms with Gasteiger partial charge in [0.2, 0.25) is 11.8 Å². The number of rotatable bonds is 4. The third-order valence-corrected chi connectivity index (χ3v) is 6.11. The maximum absolute atomic E-state index is 13.3. The van der Waals surface area contributed by atoms with E-state index >= 15 is 0 Å². The smallest absolute Gasteiger partial charge is 0.227 e. The number of hydrogen-bond donors (Lipinski definition) is 0. The van der Waals surface area contributed by atoms with Gasteiger partial charge >= 0.3 is 0 Å². The first kappa shape index (κ1) is 19.6. The first-order valence-corrected chi connectivity index (χ1v) is 10.5. The molecule has 2 aromatic carbocycles. The molecule has 29 heavy (non-hydrogen) atoms. The van der Waals surface area contributed by atoms with E-state index in [0.29, 0.717) is 13.1 Å². The van der Waals surface area contributed by atoms with Gasteiger partial charge in [-0.1, -0.05) is 42.5 Å². The van der Waals surface area contributed by atoms with Gasteiger partial charge in [-0.2, -0.15) is 0 Å². The van der Waals surface area contributed by atoms with Crippen LogP contribution in [-0.4, -0.2) is 41.2 Å². The largest absolute Gasteiger partial charge is 0.342 e. The predicted octanol–water partition coefficient (Wildman–Crippen LogP) is 3.97. The number of benzene rings is 2. The Morgan fingerprint density at radius 2 is 1.66 bits per heavy atom. The van der Waals surface area contributed by atoms with E-state index in [1.165, 1.54) is 17.7 Å². The molecule has 2 unspecified atom stereocenters. The fourth-order valence-corrected chi connectivity index (χ4v) is 4.58. The SMILES string of the molecule is O=C(Cc1ccc(F)cc1)N1CCCC(C(=O)N2CCCC2c2ccccc2)C1. The third kappa shape index (κ3) is 4.50. The fourth-order valence-electron chi connectivity index (χ4n) is 4.58. The first-order valence-electron chi connectivity index (χ1n) is 10.5. The van der Waals surface area contributed by atoms with Crippen molar-refractivity contribution in [2.75, 3.05) is 19.6 Å². The van der Waals surface area contributed by atoms with Gasteiger partial charge in [-0.25, -0.2) is 4.39 Å². The Kier molecular flexibility index (Phi) is 5.93. The summed E-state index contributed by atoms with van der Waals surface area (Å²) < 4.78 is 13.1. The summed E-state index contributed by atoms with van der Waals surface area (Å²) in [6.07, 6.45) is 3.94. The quantitative estimate of drug-likeness (QED) is 0.787. The van der Waals surface area contributed by atoms with Crippen molar-refractivity contribution < 1.29 is 14.0 Å². The third-order valence-electron chi connectivity index (χ3n) is 6.11. The van der Waals surface area contributed by atoms with Gasteiger partial charge in [-0.3, -0.25) is 9.59 Å². The fraction of sp³-hybridized carbons (Fsp3) is 0.417. The van der Waals surface area contributed by atoms with Gasteiger partial charge in [0.25, 0.3) is 0 Å². The molecule has 2 atom stereocenters. The van der Waals surface area contributed by atoms with Crippen molar-refractivity contribution in [1.82, 2.24) is 9.80 Å². The van der Waals surface area contributed by atoms with Crippen LogP contribution in [0, 0.1) is 11.7 Å². The predicted molar refractivity (Wildman–Crippen MR) is 110 cm³/mol. The van der Waals surface area contributed by atoms with Crippen LogP contribution in [0.3, 0.4) is 0 Å². The van der Waals surface area contributed by atoms with Crippen LogP contribution in [0.4, 0.5) is 4.39 Å². The van der Waals surface area contributed by atoms with Gasteiger partial charge < -0.3 is 9.80 Å². The van der Waals surface area contributed by atoms with Crippen LogP contribution in [-0.2, 0) is 16.0 Å². The van der Waals surface area contributed by atoms with Crippen molar-refractivity contribution in [2.45, 2.75) is 38.1 Å². The Labute approximate surface area is 171 Å². The zero-order valence-electron chi connectivity index (χ0n) is 16.6. The van der Waals surface area contributed by atoms with E-state index < -0.39 is 0 Å². The van der Waals surface area contributed by atoms with Gasteiger partial charge in [0.15, 0.2) is 0 Å². The van der Waals surface area contributed by atoms with E-state index in [4.69, 9.17) is 0 Å². The summed E-state index contributed by atoms with van der Waals surface area (Å²) in [5, 5.41) is 0. The zero-order chi connectivity index (χ0) is 20.2. The van der Waals surface area contributed by atoms with Crippen molar-refractivity contribution in [2.24, 2.45) is 5.92 Å². The lowest BCUT2D eigenvalue weighted by molar-refractivity contribution is -0.141. The monoisotopic (exact) mass is 394 g/mol. The number of halogens is 1. The Morgan fingerprint density at radius 1 is 0.931 bits per heavy atom. The molecule has 0 aromatic heterocycles. The molecule has 0 spiro atoms. The van der Waals surface area contributed by atoms with Gasteiger partial charge in [0.1, 0.15) is 5.82 Å². The molecular weight excluding hydrogens is 367 g/mol. The minimum atomic E-state index is -0.302. The standard InChI is InChI=1S/C24H27FN2O2/c25-21-12-10-18(11-13-21)16-23(28)26-14-4-8-20(17-26)24(29)27-15-5-9-22(27)19-6-2-1-3-7-19/h1-3,6-7,10-13,20,22H,4-5,8-9,14-17H2. The number of amides is 2. The molecule has 0 N–H and O–H groups in total. The number of nitrogens with zero attached hydrogens (tertiary/aromatic N) is 2. The van der Waals surface area contributed by atoms with Crippen molar-refractivity contribution in [1.29, 1.82) is 0 Å². The Bertz CT molecular complexity index is 853. The molecule has 152 valence electrons. The summed E-state index contributed by atoms with van der Waals surface area (Å²) in [6.45, 7) is 1.96. The Morgan fingerprint density at radius 3 is 2.41 bits per heavy atom. The molecule has 4 nitrogen and oxygen atoms in total. The second kappa shape index (κ2) is 8.76. The van der Waals surface area contributed by atoms with Crippen LogP contribution < -0.4 is 0 Å². The molecule has 5 heteroatoms. The Hall–Kier alpha value is -2.69. The second-order valence-corrected chi connectivity index (χ2v) is 8.08. The van der Waals surface area contributed by atoms with Crippen molar-refractivity contribution >= 4 is 11.8 Å². The molecular formula is C24H27FN2O2. The summed E-state index contributed by atoms with van der Waals surface area (Å²) >= 11 is 0. The minimum absolute atomic E-state index is 0.00939. The lowest BCUT2D eigenvalue weighted by atomic mass is 9.95. The van der Waals surface area contributed by atoms with Crippen LogP contribution in [0.1, 0.15) is 42.9 Å². The molecule has 0 radical (unpaired) electrons. The normalized spacial score (nSPS) is 22.0. The number of hydrogen-bond acceptors (Lipinski definition) is 2. The highest BCUT2D eigenvalue weighted by atomic mass is 19.1.